The van der Waals surface area contributed by atoms with Crippen molar-refractivity contribution in [2.75, 3.05) is 6.61 Å². The molecule has 0 saturated carbocycles. The summed E-state index contributed by atoms with van der Waals surface area (Å²) < 4.78 is 4.79. The molecule has 9 heteroatoms. The molecule has 2 heterocycles. The lowest BCUT2D eigenvalue weighted by molar-refractivity contribution is 0.0526. The fourth-order valence-electron chi connectivity index (χ4n) is 1.64. The first kappa shape index (κ1) is 20.8. The van der Waals surface area contributed by atoms with Gasteiger partial charge in [-0.1, -0.05) is 23.2 Å². The van der Waals surface area contributed by atoms with E-state index < -0.39 is 11.9 Å². The summed E-state index contributed by atoms with van der Waals surface area (Å²) in [4.78, 5) is 29.9. The first-order valence-electron chi connectivity index (χ1n) is 7.18. The van der Waals surface area contributed by atoms with E-state index in [-0.39, 0.29) is 15.9 Å². The van der Waals surface area contributed by atoms with Crippen LogP contribution in [0.5, 0.6) is 0 Å². The first-order valence-corrected chi connectivity index (χ1v) is 7.93. The van der Waals surface area contributed by atoms with Gasteiger partial charge in [-0.05, 0) is 45.0 Å². The van der Waals surface area contributed by atoms with E-state index in [0.717, 1.165) is 11.4 Å². The molecule has 7 nitrogen and oxygen atoms in total. The molecule has 2 rings (SSSR count). The van der Waals surface area contributed by atoms with Crippen molar-refractivity contribution in [2.45, 2.75) is 20.8 Å². The molecule has 0 aliphatic heterocycles. The van der Waals surface area contributed by atoms with Crippen molar-refractivity contribution < 1.29 is 19.5 Å². The molecule has 2 N–H and O–H groups in total. The van der Waals surface area contributed by atoms with Gasteiger partial charge in [-0.25, -0.2) is 20.2 Å². The van der Waals surface area contributed by atoms with E-state index in [9.17, 15) is 9.59 Å². The lowest BCUT2D eigenvalue weighted by Gasteiger charge is -2.03. The average Bonchev–Trinajstić information content (AvgIpc) is 2.55. The van der Waals surface area contributed by atoms with Crippen molar-refractivity contribution in [3.8, 4) is 0 Å². The average molecular weight is 386 g/mol. The number of hydrogen-bond donors (Lipinski definition) is 2. The highest BCUT2D eigenvalue weighted by Crippen LogP contribution is 2.14. The molecule has 2 aromatic heterocycles. The molecule has 25 heavy (non-hydrogen) atoms. The molecule has 0 bridgehead atoms. The van der Waals surface area contributed by atoms with Gasteiger partial charge in [-0.3, -0.25) is 10.0 Å². The predicted molar refractivity (Wildman–Crippen MR) is 93.2 cm³/mol. The minimum Gasteiger partial charge on any atom is -0.462 e. The lowest BCUT2D eigenvalue weighted by Crippen LogP contribution is -2.19. The zero-order valence-electron chi connectivity index (χ0n) is 13.8. The van der Waals surface area contributed by atoms with Gasteiger partial charge in [0.05, 0.1) is 17.7 Å². The highest BCUT2D eigenvalue weighted by molar-refractivity contribution is 6.32. The van der Waals surface area contributed by atoms with E-state index >= 15 is 0 Å². The van der Waals surface area contributed by atoms with Gasteiger partial charge in [0.25, 0.3) is 5.91 Å². The number of amides is 1. The van der Waals surface area contributed by atoms with E-state index in [2.05, 4.69) is 9.97 Å². The number of ether oxygens (including phenoxy) is 1. The van der Waals surface area contributed by atoms with Gasteiger partial charge in [0.1, 0.15) is 10.3 Å². The van der Waals surface area contributed by atoms with Gasteiger partial charge in [0.15, 0.2) is 0 Å². The Morgan fingerprint density at radius 2 is 1.52 bits per heavy atom. The van der Waals surface area contributed by atoms with Crippen molar-refractivity contribution in [1.29, 1.82) is 0 Å². The van der Waals surface area contributed by atoms with Crippen molar-refractivity contribution >= 4 is 35.1 Å². The topological polar surface area (TPSA) is 101 Å². The van der Waals surface area contributed by atoms with Crippen LogP contribution in [0, 0.1) is 13.8 Å². The minimum absolute atomic E-state index is 0.0848. The van der Waals surface area contributed by atoms with Crippen LogP contribution in [0.15, 0.2) is 24.3 Å². The fraction of sp³-hybridized carbons (Fsp3) is 0.250. The van der Waals surface area contributed by atoms with Crippen LogP contribution < -0.4 is 5.48 Å². The Kier molecular flexibility index (Phi) is 8.27. The third-order valence-corrected chi connectivity index (χ3v) is 3.39. The number of hydrogen-bond acceptors (Lipinski definition) is 6. The number of aryl methyl sites for hydroxylation is 2. The molecule has 0 atom stereocenters. The number of carbonyl (C=O) groups excluding carboxylic acids is 2. The number of carbonyl (C=O) groups is 2. The molecule has 0 saturated heterocycles. The number of halogens is 2. The maximum absolute atomic E-state index is 11.2. The van der Waals surface area contributed by atoms with Crippen LogP contribution in [0.25, 0.3) is 0 Å². The molecule has 1 amide bonds. The summed E-state index contributed by atoms with van der Waals surface area (Å²) in [6.07, 6.45) is 0. The molecule has 2 aromatic rings. The third-order valence-electron chi connectivity index (χ3n) is 2.82. The Morgan fingerprint density at radius 3 is 1.92 bits per heavy atom. The van der Waals surface area contributed by atoms with E-state index in [1.165, 1.54) is 11.5 Å². The van der Waals surface area contributed by atoms with Crippen LogP contribution in [0.3, 0.4) is 0 Å². The number of nitrogens with one attached hydrogen (secondary N) is 1. The number of nitrogens with zero attached hydrogens (tertiary/aromatic N) is 2. The SMILES string of the molecule is CCOC(=O)c1ccc(C)nc1Cl.Cc1ccc(C(=O)NO)c(Cl)n1. The second-order valence-electron chi connectivity index (χ2n) is 4.74. The molecular formula is C16H17Cl2N3O4. The minimum atomic E-state index is -0.660. The largest absolute Gasteiger partial charge is 0.462 e. The zero-order valence-corrected chi connectivity index (χ0v) is 15.4. The normalized spacial score (nSPS) is 9.68. The predicted octanol–water partition coefficient (Wildman–Crippen LogP) is 3.38. The van der Waals surface area contributed by atoms with E-state index in [1.807, 2.05) is 0 Å². The van der Waals surface area contributed by atoms with Gasteiger partial charge < -0.3 is 4.74 Å². The van der Waals surface area contributed by atoms with Crippen LogP contribution in [-0.2, 0) is 4.74 Å². The molecule has 0 unspecified atom stereocenters. The number of aromatic nitrogens is 2. The maximum Gasteiger partial charge on any atom is 0.341 e. The van der Waals surface area contributed by atoms with E-state index in [0.29, 0.717) is 12.2 Å². The monoisotopic (exact) mass is 385 g/mol. The van der Waals surface area contributed by atoms with E-state index in [1.54, 1.807) is 39.0 Å². The summed E-state index contributed by atoms with van der Waals surface area (Å²) in [5, 5.41) is 8.57. The summed E-state index contributed by atoms with van der Waals surface area (Å²) in [5.41, 5.74) is 3.44. The van der Waals surface area contributed by atoms with Gasteiger partial charge in [-0.15, -0.1) is 0 Å². The van der Waals surface area contributed by atoms with Crippen LogP contribution >= 0.6 is 23.2 Å². The van der Waals surface area contributed by atoms with Crippen molar-refractivity contribution in [2.24, 2.45) is 0 Å². The van der Waals surface area contributed by atoms with Crippen molar-refractivity contribution in [3.05, 3.63) is 57.1 Å². The number of esters is 1. The first-order chi connectivity index (χ1) is 11.8. The molecule has 0 aromatic carbocycles. The van der Waals surface area contributed by atoms with Crippen LogP contribution in [0.4, 0.5) is 0 Å². The Labute approximate surface area is 154 Å². The molecule has 0 radical (unpaired) electrons. The van der Waals surface area contributed by atoms with Crippen LogP contribution in [-0.4, -0.2) is 33.7 Å². The quantitative estimate of drug-likeness (QED) is 0.363. The number of pyridine rings is 2. The van der Waals surface area contributed by atoms with Crippen molar-refractivity contribution in [3.63, 3.8) is 0 Å². The smallest absolute Gasteiger partial charge is 0.341 e. The lowest BCUT2D eigenvalue weighted by atomic mass is 10.2. The summed E-state index contributed by atoms with van der Waals surface area (Å²) in [6, 6.07) is 6.47. The Balaban J connectivity index is 0.000000251. The Hall–Kier alpha value is -2.22. The summed E-state index contributed by atoms with van der Waals surface area (Å²) in [7, 11) is 0. The molecule has 0 fully saturated rings. The second-order valence-corrected chi connectivity index (χ2v) is 5.46. The summed E-state index contributed by atoms with van der Waals surface area (Å²) in [5.74, 6) is -1.09. The standard InChI is InChI=1S/C9H10ClNO2.C7H7ClN2O2/c1-3-13-9(12)7-5-4-6(2)11-8(7)10;1-4-2-3-5(6(8)9-4)7(11)10-12/h4-5H,3H2,1-2H3;2-3,12H,1H3,(H,10,11). The van der Waals surface area contributed by atoms with Crippen LogP contribution in [0.2, 0.25) is 10.3 Å². The summed E-state index contributed by atoms with van der Waals surface area (Å²) in [6.45, 7) is 5.64. The maximum atomic E-state index is 11.2. The summed E-state index contributed by atoms with van der Waals surface area (Å²) >= 11 is 11.4. The van der Waals surface area contributed by atoms with E-state index in [4.69, 9.17) is 33.1 Å². The Bertz CT molecular complexity index is 769. The highest BCUT2D eigenvalue weighted by Gasteiger charge is 2.11. The highest BCUT2D eigenvalue weighted by atomic mass is 35.5. The number of rotatable bonds is 3. The number of hydroxylamine groups is 1. The molecule has 0 aliphatic carbocycles. The van der Waals surface area contributed by atoms with Gasteiger partial charge in [-0.2, -0.15) is 0 Å². The third kappa shape index (κ3) is 6.30. The molecule has 0 spiro atoms. The Morgan fingerprint density at radius 1 is 1.04 bits per heavy atom. The zero-order chi connectivity index (χ0) is 19.0. The molecule has 0 aliphatic rings. The fourth-order valence-corrected chi connectivity index (χ4v) is 2.20. The molecule has 134 valence electrons. The van der Waals surface area contributed by atoms with Gasteiger partial charge in [0.2, 0.25) is 0 Å². The van der Waals surface area contributed by atoms with Crippen molar-refractivity contribution in [1.82, 2.24) is 15.4 Å². The molecular weight excluding hydrogens is 369 g/mol. The van der Waals surface area contributed by atoms with Gasteiger partial charge >= 0.3 is 5.97 Å². The second kappa shape index (κ2) is 9.93. The van der Waals surface area contributed by atoms with Gasteiger partial charge in [0, 0.05) is 11.4 Å². The van der Waals surface area contributed by atoms with Crippen LogP contribution in [0.1, 0.15) is 39.0 Å².